The lowest BCUT2D eigenvalue weighted by atomic mass is 10.1. The standard InChI is InChI=1S/C32H30F3NO7/c1-4-40-22-9-6-21(7-10-22)31(38)42-26-12-11-24-27(37)29(41-23-8-5-19(2)20(3)17-23)30(32(33,34)35)43-28(24)25(26)18-36-13-15-39-16-14-36/h5-12,17H,4,13-16,18H2,1-3H3/p+1. The van der Waals surface area contributed by atoms with Crippen molar-refractivity contribution in [2.45, 2.75) is 33.5 Å². The first-order chi connectivity index (χ1) is 20.5. The Labute approximate surface area is 245 Å². The van der Waals surface area contributed by atoms with Crippen LogP contribution < -0.4 is 24.5 Å². The van der Waals surface area contributed by atoms with Crippen molar-refractivity contribution >= 4 is 16.9 Å². The first kappa shape index (κ1) is 30.1. The first-order valence-corrected chi connectivity index (χ1v) is 13.9. The highest BCUT2D eigenvalue weighted by atomic mass is 19.4. The van der Waals surface area contributed by atoms with Gasteiger partial charge in [-0.2, -0.15) is 13.2 Å². The summed E-state index contributed by atoms with van der Waals surface area (Å²) < 4.78 is 70.7. The number of rotatable bonds is 8. The van der Waals surface area contributed by atoms with Gasteiger partial charge in [0.2, 0.25) is 11.2 Å². The maximum atomic E-state index is 14.4. The summed E-state index contributed by atoms with van der Waals surface area (Å²) >= 11 is 0. The fourth-order valence-corrected chi connectivity index (χ4v) is 4.82. The maximum absolute atomic E-state index is 14.4. The molecule has 1 aliphatic rings. The lowest BCUT2D eigenvalue weighted by molar-refractivity contribution is -0.921. The van der Waals surface area contributed by atoms with Gasteiger partial charge in [0, 0.05) is 0 Å². The van der Waals surface area contributed by atoms with Crippen LogP contribution in [0.15, 0.2) is 63.8 Å². The number of carbonyl (C=O) groups is 1. The quantitative estimate of drug-likeness (QED) is 0.219. The summed E-state index contributed by atoms with van der Waals surface area (Å²) in [6.07, 6.45) is -5.06. The van der Waals surface area contributed by atoms with Gasteiger partial charge in [-0.3, -0.25) is 4.79 Å². The fraction of sp³-hybridized carbons (Fsp3) is 0.312. The van der Waals surface area contributed by atoms with E-state index in [9.17, 15) is 22.8 Å². The van der Waals surface area contributed by atoms with Gasteiger partial charge in [-0.05, 0) is 80.4 Å². The van der Waals surface area contributed by atoms with Gasteiger partial charge in [0.15, 0.2) is 5.58 Å². The van der Waals surface area contributed by atoms with E-state index in [2.05, 4.69) is 0 Å². The molecule has 5 rings (SSSR count). The Morgan fingerprint density at radius 2 is 1.65 bits per heavy atom. The van der Waals surface area contributed by atoms with Crippen LogP contribution in [0, 0.1) is 13.8 Å². The number of hydrogen-bond donors (Lipinski definition) is 1. The number of quaternary nitrogens is 1. The van der Waals surface area contributed by atoms with Crippen LogP contribution in [0.3, 0.4) is 0 Å². The Kier molecular flexibility index (Phi) is 8.74. The second kappa shape index (κ2) is 12.5. The molecule has 226 valence electrons. The summed E-state index contributed by atoms with van der Waals surface area (Å²) in [6.45, 7) is 8.08. The molecule has 0 atom stereocenters. The van der Waals surface area contributed by atoms with Crippen LogP contribution >= 0.6 is 0 Å². The van der Waals surface area contributed by atoms with Crippen molar-refractivity contribution in [3.05, 3.63) is 92.8 Å². The third-order valence-corrected chi connectivity index (χ3v) is 7.26. The highest BCUT2D eigenvalue weighted by Gasteiger charge is 2.41. The highest BCUT2D eigenvalue weighted by Crippen LogP contribution is 2.40. The van der Waals surface area contributed by atoms with Gasteiger partial charge >= 0.3 is 12.1 Å². The van der Waals surface area contributed by atoms with Crippen LogP contribution in [0.4, 0.5) is 13.2 Å². The van der Waals surface area contributed by atoms with E-state index in [1.165, 1.54) is 30.3 Å². The molecule has 0 radical (unpaired) electrons. The van der Waals surface area contributed by atoms with E-state index in [0.717, 1.165) is 16.0 Å². The molecular formula is C32H31F3NO7+. The number of benzene rings is 3. The second-order valence-electron chi connectivity index (χ2n) is 10.2. The zero-order chi connectivity index (χ0) is 30.7. The van der Waals surface area contributed by atoms with Gasteiger partial charge in [-0.15, -0.1) is 0 Å². The number of aryl methyl sites for hydroxylation is 2. The molecule has 43 heavy (non-hydrogen) atoms. The minimum Gasteiger partial charge on any atom is -0.494 e. The van der Waals surface area contributed by atoms with Crippen LogP contribution in [-0.2, 0) is 17.5 Å². The van der Waals surface area contributed by atoms with E-state index in [1.807, 2.05) is 13.8 Å². The summed E-state index contributed by atoms with van der Waals surface area (Å²) in [5, 5.41) is -0.129. The number of halogens is 3. The molecule has 1 fully saturated rings. The van der Waals surface area contributed by atoms with Crippen LogP contribution in [0.2, 0.25) is 0 Å². The first-order valence-electron chi connectivity index (χ1n) is 13.9. The molecule has 1 N–H and O–H groups in total. The number of fused-ring (bicyclic) bond motifs is 1. The number of hydrogen-bond acceptors (Lipinski definition) is 7. The van der Waals surface area contributed by atoms with Crippen LogP contribution in [0.5, 0.6) is 23.0 Å². The van der Waals surface area contributed by atoms with Gasteiger partial charge in [0.25, 0.3) is 5.76 Å². The molecule has 0 amide bonds. The number of alkyl halides is 3. The van der Waals surface area contributed by atoms with Crippen LogP contribution in [0.25, 0.3) is 11.0 Å². The lowest BCUT2D eigenvalue weighted by Gasteiger charge is -2.25. The monoisotopic (exact) mass is 598 g/mol. The van der Waals surface area contributed by atoms with Crippen molar-refractivity contribution in [3.63, 3.8) is 0 Å². The van der Waals surface area contributed by atoms with E-state index >= 15 is 0 Å². The molecule has 0 unspecified atom stereocenters. The largest absolute Gasteiger partial charge is 0.494 e. The number of ether oxygens (including phenoxy) is 4. The SMILES string of the molecule is CCOc1ccc(C(=O)Oc2ccc3c(=O)c(Oc4ccc(C)c(C)c4)c(C(F)(F)F)oc3c2C[NH+]2CCOCC2)cc1. The van der Waals surface area contributed by atoms with Gasteiger partial charge in [-0.1, -0.05) is 6.07 Å². The molecule has 0 bridgehead atoms. The van der Waals surface area contributed by atoms with E-state index in [1.54, 1.807) is 31.2 Å². The van der Waals surface area contributed by atoms with Gasteiger partial charge < -0.3 is 28.3 Å². The molecule has 0 aliphatic carbocycles. The summed E-state index contributed by atoms with van der Waals surface area (Å²) in [7, 11) is 0. The van der Waals surface area contributed by atoms with Gasteiger partial charge in [-0.25, -0.2) is 4.79 Å². The molecule has 3 aromatic carbocycles. The van der Waals surface area contributed by atoms with E-state index in [4.69, 9.17) is 23.4 Å². The molecule has 1 saturated heterocycles. The Morgan fingerprint density at radius 1 is 0.953 bits per heavy atom. The third-order valence-electron chi connectivity index (χ3n) is 7.26. The van der Waals surface area contributed by atoms with Crippen molar-refractivity contribution in [1.29, 1.82) is 0 Å². The average molecular weight is 599 g/mol. The molecule has 8 nitrogen and oxygen atoms in total. The maximum Gasteiger partial charge on any atom is 0.453 e. The minimum absolute atomic E-state index is 0.00974. The normalized spacial score (nSPS) is 14.1. The van der Waals surface area contributed by atoms with Crippen molar-refractivity contribution < 1.29 is 46.2 Å². The van der Waals surface area contributed by atoms with Crippen LogP contribution in [0.1, 0.15) is 39.7 Å². The van der Waals surface area contributed by atoms with Crippen molar-refractivity contribution in [2.24, 2.45) is 0 Å². The second-order valence-corrected chi connectivity index (χ2v) is 10.2. The lowest BCUT2D eigenvalue weighted by Crippen LogP contribution is -3.12. The number of morpholine rings is 1. The summed E-state index contributed by atoms with van der Waals surface area (Å²) in [5.74, 6) is -2.64. The summed E-state index contributed by atoms with van der Waals surface area (Å²) in [5.41, 5.74) is 0.759. The molecule has 1 aliphatic heterocycles. The topological polar surface area (TPSA) is 88.6 Å². The predicted molar refractivity (Wildman–Crippen MR) is 151 cm³/mol. The molecule has 11 heteroatoms. The van der Waals surface area contributed by atoms with Gasteiger partial charge in [0.05, 0.1) is 36.3 Å². The Hall–Kier alpha value is -4.35. The van der Waals surface area contributed by atoms with E-state index in [-0.39, 0.29) is 40.1 Å². The van der Waals surface area contributed by atoms with Crippen molar-refractivity contribution in [1.82, 2.24) is 0 Å². The molecule has 1 aromatic heterocycles. The van der Waals surface area contributed by atoms with Gasteiger partial charge in [0.1, 0.15) is 36.9 Å². The molecule has 0 saturated carbocycles. The minimum atomic E-state index is -5.06. The number of esters is 1. The average Bonchev–Trinajstić information content (AvgIpc) is 2.98. The summed E-state index contributed by atoms with van der Waals surface area (Å²) in [4.78, 5) is 27.7. The number of nitrogens with one attached hydrogen (secondary N) is 1. The highest BCUT2D eigenvalue weighted by molar-refractivity contribution is 5.92. The van der Waals surface area contributed by atoms with E-state index in [0.29, 0.717) is 38.7 Å². The molecule has 0 spiro atoms. The molecule has 2 heterocycles. The zero-order valence-corrected chi connectivity index (χ0v) is 23.9. The smallest absolute Gasteiger partial charge is 0.453 e. The zero-order valence-electron chi connectivity index (χ0n) is 23.9. The Balaban J connectivity index is 1.62. The Morgan fingerprint density at radius 3 is 2.30 bits per heavy atom. The fourth-order valence-electron chi connectivity index (χ4n) is 4.82. The third kappa shape index (κ3) is 6.68. The number of carbonyl (C=O) groups excluding carboxylic acids is 1. The Bertz CT molecular complexity index is 1690. The summed E-state index contributed by atoms with van der Waals surface area (Å²) in [6, 6.07) is 13.7. The molecule has 4 aromatic rings. The van der Waals surface area contributed by atoms with E-state index < -0.39 is 29.1 Å². The van der Waals surface area contributed by atoms with Crippen molar-refractivity contribution in [2.75, 3.05) is 32.9 Å². The predicted octanol–water partition coefficient (Wildman–Crippen LogP) is 5.25. The van der Waals surface area contributed by atoms with Crippen molar-refractivity contribution in [3.8, 4) is 23.0 Å². The molecular weight excluding hydrogens is 567 g/mol. The van der Waals surface area contributed by atoms with Crippen LogP contribution in [-0.4, -0.2) is 38.9 Å².